The molecule has 1 aliphatic rings. The molecule has 1 atom stereocenters. The van der Waals surface area contributed by atoms with Crippen LogP contribution in [0.15, 0.2) is 12.2 Å². The van der Waals surface area contributed by atoms with Gasteiger partial charge < -0.3 is 10.4 Å². The highest BCUT2D eigenvalue weighted by atomic mass is 16.4. The van der Waals surface area contributed by atoms with Gasteiger partial charge in [0, 0.05) is 12.6 Å². The Kier molecular flexibility index (Phi) is 3.96. The summed E-state index contributed by atoms with van der Waals surface area (Å²) in [6.07, 6.45) is 4.85. The predicted octanol–water partition coefficient (Wildman–Crippen LogP) is 1.55. The zero-order valence-electron chi connectivity index (χ0n) is 7.88. The van der Waals surface area contributed by atoms with Crippen molar-refractivity contribution < 1.29 is 9.90 Å². The van der Waals surface area contributed by atoms with E-state index in [0.717, 1.165) is 12.8 Å². The number of nitrogens with one attached hydrogen (secondary N) is 1. The summed E-state index contributed by atoms with van der Waals surface area (Å²) in [6.45, 7) is 4.54. The highest BCUT2D eigenvalue weighted by Crippen LogP contribution is 2.21. The van der Waals surface area contributed by atoms with Crippen molar-refractivity contribution in [1.82, 2.24) is 5.32 Å². The van der Waals surface area contributed by atoms with E-state index in [0.29, 0.717) is 12.6 Å². The van der Waals surface area contributed by atoms with Crippen molar-refractivity contribution in [3.63, 3.8) is 0 Å². The smallest absolute Gasteiger partial charge is 0.304 e. The van der Waals surface area contributed by atoms with Gasteiger partial charge in [0.05, 0.1) is 6.42 Å². The summed E-state index contributed by atoms with van der Waals surface area (Å²) in [5, 5.41) is 11.7. The van der Waals surface area contributed by atoms with Gasteiger partial charge >= 0.3 is 5.97 Å². The van der Waals surface area contributed by atoms with Crippen LogP contribution in [-0.4, -0.2) is 23.7 Å². The Balaban J connectivity index is 2.19. The minimum Gasteiger partial charge on any atom is -0.481 e. The van der Waals surface area contributed by atoms with Crippen molar-refractivity contribution in [2.45, 2.75) is 38.1 Å². The molecule has 0 bridgehead atoms. The fourth-order valence-corrected chi connectivity index (χ4v) is 1.68. The molecule has 1 fully saturated rings. The normalized spacial score (nSPS) is 23.1. The number of carbonyl (C=O) groups is 1. The summed E-state index contributed by atoms with van der Waals surface area (Å²) < 4.78 is 0. The van der Waals surface area contributed by atoms with Crippen molar-refractivity contribution in [3.8, 4) is 0 Å². The summed E-state index contributed by atoms with van der Waals surface area (Å²) in [6, 6.07) is 0.355. The van der Waals surface area contributed by atoms with E-state index in [4.69, 9.17) is 5.11 Å². The molecule has 1 rings (SSSR count). The summed E-state index contributed by atoms with van der Waals surface area (Å²) in [4.78, 5) is 10.3. The minimum atomic E-state index is -0.742. The molecule has 1 aliphatic carbocycles. The lowest BCUT2D eigenvalue weighted by Crippen LogP contribution is -2.34. The third kappa shape index (κ3) is 3.59. The SMILES string of the molecule is C=C1CCCCC1NCCC(=O)O. The quantitative estimate of drug-likeness (QED) is 0.650. The Labute approximate surface area is 78.8 Å². The second-order valence-electron chi connectivity index (χ2n) is 3.55. The summed E-state index contributed by atoms with van der Waals surface area (Å²) >= 11 is 0. The zero-order chi connectivity index (χ0) is 9.68. The summed E-state index contributed by atoms with van der Waals surface area (Å²) in [5.41, 5.74) is 1.23. The second-order valence-corrected chi connectivity index (χ2v) is 3.55. The number of aliphatic carboxylic acids is 1. The lowest BCUT2D eigenvalue weighted by atomic mass is 9.91. The standard InChI is InChI=1S/C10H17NO2/c1-8-4-2-3-5-9(8)11-7-6-10(12)13/h9,11H,1-7H2,(H,12,13). The van der Waals surface area contributed by atoms with E-state index in [2.05, 4.69) is 11.9 Å². The van der Waals surface area contributed by atoms with E-state index in [1.807, 2.05) is 0 Å². The maximum absolute atomic E-state index is 10.3. The van der Waals surface area contributed by atoms with E-state index in [1.54, 1.807) is 0 Å². The fraction of sp³-hybridized carbons (Fsp3) is 0.700. The van der Waals surface area contributed by atoms with Crippen LogP contribution in [0.3, 0.4) is 0 Å². The molecule has 3 nitrogen and oxygen atoms in total. The molecule has 0 radical (unpaired) electrons. The van der Waals surface area contributed by atoms with Crippen LogP contribution in [0.25, 0.3) is 0 Å². The molecule has 1 saturated carbocycles. The lowest BCUT2D eigenvalue weighted by molar-refractivity contribution is -0.136. The Bertz CT molecular complexity index is 201. The third-order valence-corrected chi connectivity index (χ3v) is 2.46. The molecule has 1 unspecified atom stereocenters. The Hall–Kier alpha value is -0.830. The van der Waals surface area contributed by atoms with Gasteiger partial charge in [-0.15, -0.1) is 0 Å². The second kappa shape index (κ2) is 5.02. The molecule has 0 aromatic heterocycles. The number of rotatable bonds is 4. The largest absolute Gasteiger partial charge is 0.481 e. The van der Waals surface area contributed by atoms with Gasteiger partial charge in [-0.1, -0.05) is 18.6 Å². The average molecular weight is 183 g/mol. The lowest BCUT2D eigenvalue weighted by Gasteiger charge is -2.25. The molecule has 0 aliphatic heterocycles. The van der Waals surface area contributed by atoms with Gasteiger partial charge in [0.2, 0.25) is 0 Å². The number of hydrogen-bond acceptors (Lipinski definition) is 2. The molecule has 13 heavy (non-hydrogen) atoms. The third-order valence-electron chi connectivity index (χ3n) is 2.46. The predicted molar refractivity (Wildman–Crippen MR) is 51.7 cm³/mol. The van der Waals surface area contributed by atoms with E-state index in [9.17, 15) is 4.79 Å². The first-order valence-corrected chi connectivity index (χ1v) is 4.83. The van der Waals surface area contributed by atoms with Crippen LogP contribution in [0, 0.1) is 0 Å². The first kappa shape index (κ1) is 10.3. The van der Waals surface area contributed by atoms with Crippen LogP contribution < -0.4 is 5.32 Å². The maximum atomic E-state index is 10.3. The molecule has 0 amide bonds. The van der Waals surface area contributed by atoms with Gasteiger partial charge in [0.15, 0.2) is 0 Å². The topological polar surface area (TPSA) is 49.3 Å². The molecule has 0 spiro atoms. The minimum absolute atomic E-state index is 0.198. The van der Waals surface area contributed by atoms with Gasteiger partial charge in [-0.3, -0.25) is 4.79 Å². The summed E-state index contributed by atoms with van der Waals surface area (Å²) in [5.74, 6) is -0.742. The molecule has 0 heterocycles. The maximum Gasteiger partial charge on any atom is 0.304 e. The van der Waals surface area contributed by atoms with Crippen LogP contribution >= 0.6 is 0 Å². The van der Waals surface area contributed by atoms with Crippen LogP contribution in [0.4, 0.5) is 0 Å². The van der Waals surface area contributed by atoms with Crippen LogP contribution in [0.5, 0.6) is 0 Å². The first-order valence-electron chi connectivity index (χ1n) is 4.83. The molecule has 3 heteroatoms. The van der Waals surface area contributed by atoms with Crippen molar-refractivity contribution in [1.29, 1.82) is 0 Å². The highest BCUT2D eigenvalue weighted by Gasteiger charge is 2.16. The average Bonchev–Trinajstić information content (AvgIpc) is 2.08. The Morgan fingerprint density at radius 3 is 3.00 bits per heavy atom. The van der Waals surface area contributed by atoms with Gasteiger partial charge in [-0.05, 0) is 19.3 Å². The molecule has 0 saturated heterocycles. The number of carboxylic acid groups (broad SMARTS) is 1. The Morgan fingerprint density at radius 2 is 2.38 bits per heavy atom. The monoisotopic (exact) mass is 183 g/mol. The number of hydrogen-bond donors (Lipinski definition) is 2. The highest BCUT2D eigenvalue weighted by molar-refractivity contribution is 5.66. The molecule has 0 aromatic rings. The van der Waals surface area contributed by atoms with Gasteiger partial charge in [0.25, 0.3) is 0 Å². The Morgan fingerprint density at radius 1 is 1.62 bits per heavy atom. The summed E-state index contributed by atoms with van der Waals surface area (Å²) in [7, 11) is 0. The van der Waals surface area contributed by atoms with Gasteiger partial charge in [-0.2, -0.15) is 0 Å². The van der Waals surface area contributed by atoms with Crippen LogP contribution in [-0.2, 0) is 4.79 Å². The van der Waals surface area contributed by atoms with Crippen molar-refractivity contribution in [2.24, 2.45) is 0 Å². The molecule has 0 aromatic carbocycles. The van der Waals surface area contributed by atoms with E-state index in [-0.39, 0.29) is 6.42 Å². The van der Waals surface area contributed by atoms with Crippen molar-refractivity contribution >= 4 is 5.97 Å². The van der Waals surface area contributed by atoms with Gasteiger partial charge in [0.1, 0.15) is 0 Å². The van der Waals surface area contributed by atoms with E-state index < -0.39 is 5.97 Å². The molecule has 2 N–H and O–H groups in total. The van der Waals surface area contributed by atoms with Crippen LogP contribution in [0.1, 0.15) is 32.1 Å². The molecular weight excluding hydrogens is 166 g/mol. The zero-order valence-corrected chi connectivity index (χ0v) is 7.88. The fourth-order valence-electron chi connectivity index (χ4n) is 1.68. The number of carboxylic acids is 1. The molecule has 74 valence electrons. The van der Waals surface area contributed by atoms with E-state index in [1.165, 1.54) is 18.4 Å². The van der Waals surface area contributed by atoms with E-state index >= 15 is 0 Å². The van der Waals surface area contributed by atoms with Gasteiger partial charge in [-0.25, -0.2) is 0 Å². The van der Waals surface area contributed by atoms with Crippen LogP contribution in [0.2, 0.25) is 0 Å². The first-order chi connectivity index (χ1) is 6.20. The van der Waals surface area contributed by atoms with Crippen molar-refractivity contribution in [3.05, 3.63) is 12.2 Å². The molecular formula is C10H17NO2. The van der Waals surface area contributed by atoms with Crippen molar-refractivity contribution in [2.75, 3.05) is 6.54 Å².